The molecule has 1 saturated heterocycles. The molecule has 152 valence electrons. The average molecular weight is 410 g/mol. The summed E-state index contributed by atoms with van der Waals surface area (Å²) in [5.74, 6) is -0.148. The molecule has 2 aromatic carbocycles. The molecular formula is C23H27N3O2S. The van der Waals surface area contributed by atoms with E-state index in [1.165, 1.54) is 36.6 Å². The summed E-state index contributed by atoms with van der Waals surface area (Å²) in [5, 5.41) is 5.82. The molecule has 6 heteroatoms. The lowest BCUT2D eigenvalue weighted by Crippen LogP contribution is -2.30. The van der Waals surface area contributed by atoms with E-state index in [2.05, 4.69) is 33.7 Å². The van der Waals surface area contributed by atoms with Crippen molar-refractivity contribution in [3.63, 3.8) is 0 Å². The quantitative estimate of drug-likeness (QED) is 0.783. The molecule has 0 aromatic heterocycles. The van der Waals surface area contributed by atoms with E-state index in [0.29, 0.717) is 12.1 Å². The predicted octanol–water partition coefficient (Wildman–Crippen LogP) is 4.04. The number of likely N-dealkylation sites (tertiary alicyclic amines) is 1. The van der Waals surface area contributed by atoms with Crippen LogP contribution in [0.3, 0.4) is 0 Å². The number of thioether (sulfide) groups is 1. The second-order valence-corrected chi connectivity index (χ2v) is 9.13. The smallest absolute Gasteiger partial charge is 0.251 e. The number of fused-ring (bicyclic) bond motifs is 1. The van der Waals surface area contributed by atoms with E-state index in [9.17, 15) is 9.59 Å². The first-order valence-electron chi connectivity index (χ1n) is 10.3. The van der Waals surface area contributed by atoms with Gasteiger partial charge in [-0.3, -0.25) is 14.5 Å². The molecule has 0 saturated carbocycles. The molecule has 2 aliphatic heterocycles. The fraction of sp³-hybridized carbons (Fsp3) is 0.391. The lowest BCUT2D eigenvalue weighted by molar-refractivity contribution is -0.115. The highest BCUT2D eigenvalue weighted by molar-refractivity contribution is 8.00. The average Bonchev–Trinajstić information content (AvgIpc) is 2.74. The molecule has 4 rings (SSSR count). The molecule has 1 atom stereocenters. The van der Waals surface area contributed by atoms with Crippen LogP contribution < -0.4 is 10.6 Å². The minimum atomic E-state index is -0.126. The zero-order valence-corrected chi connectivity index (χ0v) is 17.6. The van der Waals surface area contributed by atoms with Gasteiger partial charge in [0, 0.05) is 23.5 Å². The number of amides is 2. The number of nitrogens with zero attached hydrogens (tertiary/aromatic N) is 1. The largest absolute Gasteiger partial charge is 0.348 e. The van der Waals surface area contributed by atoms with Crippen LogP contribution in [0.4, 0.5) is 5.69 Å². The molecule has 5 nitrogen and oxygen atoms in total. The molecular weight excluding hydrogens is 382 g/mol. The van der Waals surface area contributed by atoms with Crippen molar-refractivity contribution in [2.75, 3.05) is 18.4 Å². The van der Waals surface area contributed by atoms with E-state index < -0.39 is 0 Å². The minimum absolute atomic E-state index is 0.0216. The number of anilines is 1. The van der Waals surface area contributed by atoms with Gasteiger partial charge in [-0.15, -0.1) is 11.8 Å². The molecule has 0 aliphatic carbocycles. The lowest BCUT2D eigenvalue weighted by atomic mass is 10.0. The predicted molar refractivity (Wildman–Crippen MR) is 117 cm³/mol. The number of carbonyl (C=O) groups is 2. The van der Waals surface area contributed by atoms with Crippen molar-refractivity contribution in [3.05, 3.63) is 59.2 Å². The number of carbonyl (C=O) groups excluding carboxylic acids is 2. The summed E-state index contributed by atoms with van der Waals surface area (Å²) in [6.07, 6.45) is 3.86. The molecule has 2 N–H and O–H groups in total. The van der Waals surface area contributed by atoms with Crippen LogP contribution in [0.25, 0.3) is 0 Å². The highest BCUT2D eigenvalue weighted by Crippen LogP contribution is 2.35. The first kappa shape index (κ1) is 20.0. The highest BCUT2D eigenvalue weighted by atomic mass is 32.2. The van der Waals surface area contributed by atoms with Crippen molar-refractivity contribution in [3.8, 4) is 0 Å². The monoisotopic (exact) mass is 409 g/mol. The minimum Gasteiger partial charge on any atom is -0.348 e. The molecule has 0 unspecified atom stereocenters. The summed E-state index contributed by atoms with van der Waals surface area (Å²) in [4.78, 5) is 28.1. The van der Waals surface area contributed by atoms with Gasteiger partial charge < -0.3 is 10.6 Å². The number of hydrogen-bond donors (Lipinski definition) is 2. The maximum absolute atomic E-state index is 12.7. The van der Waals surface area contributed by atoms with Gasteiger partial charge in [-0.2, -0.15) is 0 Å². The standard InChI is InChI=1S/C23H27N3O2S/c1-16-22(27)25-20-13-17(9-10-21(20)29-16)23(28)24-14-18-7-3-4-8-19(18)15-26-11-5-2-6-12-26/h3-4,7-10,13,16H,2,5-6,11-12,14-15H2,1H3,(H,24,28)(H,25,27)/t16-/m0/s1. The number of hydrogen-bond acceptors (Lipinski definition) is 4. The fourth-order valence-corrected chi connectivity index (χ4v) is 4.80. The summed E-state index contributed by atoms with van der Waals surface area (Å²) in [6.45, 7) is 5.62. The van der Waals surface area contributed by atoms with Gasteiger partial charge in [0.1, 0.15) is 0 Å². The Morgan fingerprint density at radius 3 is 2.69 bits per heavy atom. The van der Waals surface area contributed by atoms with Gasteiger partial charge in [0.2, 0.25) is 5.91 Å². The summed E-state index contributed by atoms with van der Waals surface area (Å²) < 4.78 is 0. The van der Waals surface area contributed by atoms with E-state index in [1.807, 2.05) is 25.1 Å². The fourth-order valence-electron chi connectivity index (χ4n) is 3.87. The molecule has 0 bridgehead atoms. The number of piperidine rings is 1. The van der Waals surface area contributed by atoms with E-state index >= 15 is 0 Å². The van der Waals surface area contributed by atoms with Gasteiger partial charge >= 0.3 is 0 Å². The van der Waals surface area contributed by atoms with E-state index in [1.54, 1.807) is 6.07 Å². The van der Waals surface area contributed by atoms with Crippen LogP contribution in [0.15, 0.2) is 47.4 Å². The topological polar surface area (TPSA) is 61.4 Å². The third-order valence-corrected chi connectivity index (χ3v) is 6.75. The lowest BCUT2D eigenvalue weighted by Gasteiger charge is -2.27. The van der Waals surface area contributed by atoms with Crippen LogP contribution in [0.5, 0.6) is 0 Å². The van der Waals surface area contributed by atoms with Crippen molar-refractivity contribution >= 4 is 29.3 Å². The number of benzene rings is 2. The molecule has 2 heterocycles. The second-order valence-electron chi connectivity index (χ2n) is 7.75. The van der Waals surface area contributed by atoms with Gasteiger partial charge in [0.15, 0.2) is 0 Å². The van der Waals surface area contributed by atoms with Crippen LogP contribution in [-0.2, 0) is 17.9 Å². The Morgan fingerprint density at radius 2 is 1.90 bits per heavy atom. The zero-order valence-electron chi connectivity index (χ0n) is 16.7. The number of rotatable bonds is 5. The van der Waals surface area contributed by atoms with Crippen LogP contribution in [0.2, 0.25) is 0 Å². The normalized spacial score (nSPS) is 19.3. The third kappa shape index (κ3) is 4.82. The Labute approximate surface area is 176 Å². The first-order chi connectivity index (χ1) is 14.1. The van der Waals surface area contributed by atoms with Gasteiger partial charge in [-0.05, 0) is 62.2 Å². The third-order valence-electron chi connectivity index (χ3n) is 5.57. The molecule has 1 fully saturated rings. The maximum Gasteiger partial charge on any atom is 0.251 e. The van der Waals surface area contributed by atoms with E-state index in [-0.39, 0.29) is 17.1 Å². The van der Waals surface area contributed by atoms with Gasteiger partial charge in [-0.1, -0.05) is 30.7 Å². The van der Waals surface area contributed by atoms with Crippen molar-refractivity contribution in [2.24, 2.45) is 0 Å². The summed E-state index contributed by atoms with van der Waals surface area (Å²) in [5.41, 5.74) is 3.71. The highest BCUT2D eigenvalue weighted by Gasteiger charge is 2.23. The van der Waals surface area contributed by atoms with Crippen LogP contribution in [0, 0.1) is 0 Å². The molecule has 0 spiro atoms. The second kappa shape index (κ2) is 9.01. The van der Waals surface area contributed by atoms with Crippen molar-refractivity contribution in [1.82, 2.24) is 10.2 Å². The van der Waals surface area contributed by atoms with Crippen molar-refractivity contribution in [2.45, 2.75) is 49.4 Å². The van der Waals surface area contributed by atoms with Gasteiger partial charge in [0.05, 0.1) is 10.9 Å². The Kier molecular flexibility index (Phi) is 6.21. The molecule has 2 aromatic rings. The SMILES string of the molecule is C[C@@H]1Sc2ccc(C(=O)NCc3ccccc3CN3CCCCC3)cc2NC1=O. The summed E-state index contributed by atoms with van der Waals surface area (Å²) >= 11 is 1.52. The summed E-state index contributed by atoms with van der Waals surface area (Å²) in [6, 6.07) is 13.8. The molecule has 2 aliphatic rings. The summed E-state index contributed by atoms with van der Waals surface area (Å²) in [7, 11) is 0. The molecule has 29 heavy (non-hydrogen) atoms. The van der Waals surface area contributed by atoms with Crippen molar-refractivity contribution < 1.29 is 9.59 Å². The van der Waals surface area contributed by atoms with Crippen molar-refractivity contribution in [1.29, 1.82) is 0 Å². The van der Waals surface area contributed by atoms with Crippen LogP contribution >= 0.6 is 11.8 Å². The van der Waals surface area contributed by atoms with Gasteiger partial charge in [-0.25, -0.2) is 0 Å². The Morgan fingerprint density at radius 1 is 1.14 bits per heavy atom. The Bertz CT molecular complexity index is 909. The van der Waals surface area contributed by atoms with Gasteiger partial charge in [0.25, 0.3) is 5.91 Å². The Hall–Kier alpha value is -2.31. The Balaban J connectivity index is 1.41. The zero-order chi connectivity index (χ0) is 20.2. The molecule has 2 amide bonds. The van der Waals surface area contributed by atoms with Crippen LogP contribution in [-0.4, -0.2) is 35.1 Å². The van der Waals surface area contributed by atoms with E-state index in [0.717, 1.165) is 35.8 Å². The van der Waals surface area contributed by atoms with Crippen LogP contribution in [0.1, 0.15) is 47.7 Å². The van der Waals surface area contributed by atoms with E-state index in [4.69, 9.17) is 0 Å². The maximum atomic E-state index is 12.7. The number of nitrogens with one attached hydrogen (secondary N) is 2. The first-order valence-corrected chi connectivity index (χ1v) is 11.2. The molecule has 0 radical (unpaired) electrons.